The van der Waals surface area contributed by atoms with E-state index in [9.17, 15) is 0 Å². The molecule has 15 heavy (non-hydrogen) atoms. The smallest absolute Gasteiger partial charge is 0.0375 e. The van der Waals surface area contributed by atoms with Gasteiger partial charge in [-0.05, 0) is 36.3 Å². The van der Waals surface area contributed by atoms with E-state index in [2.05, 4.69) is 51.2 Å². The van der Waals surface area contributed by atoms with Crippen molar-refractivity contribution in [2.75, 3.05) is 11.9 Å². The maximum atomic E-state index is 3.49. The number of benzene rings is 1. The predicted molar refractivity (Wildman–Crippen MR) is 66.5 cm³/mol. The third-order valence-electron chi connectivity index (χ3n) is 3.38. The van der Waals surface area contributed by atoms with E-state index in [0.29, 0.717) is 11.3 Å². The van der Waals surface area contributed by atoms with Crippen LogP contribution in [0.4, 0.5) is 5.69 Å². The molecular weight excluding hydrogens is 182 g/mol. The molecule has 1 unspecified atom stereocenters. The number of aryl methyl sites for hydroxylation is 1. The second-order valence-electron chi connectivity index (χ2n) is 5.72. The van der Waals surface area contributed by atoms with Crippen LogP contribution in [0, 0.1) is 12.3 Å². The predicted octanol–water partition coefficient (Wildman–Crippen LogP) is 3.94. The molecule has 0 saturated heterocycles. The Kier molecular flexibility index (Phi) is 2.49. The minimum Gasteiger partial charge on any atom is -0.385 e. The molecule has 1 aliphatic rings. The first-order chi connectivity index (χ1) is 6.98. The first-order valence-corrected chi connectivity index (χ1v) is 5.83. The minimum absolute atomic E-state index is 0.366. The summed E-state index contributed by atoms with van der Waals surface area (Å²) in [6, 6.07) is 6.76. The van der Waals surface area contributed by atoms with Crippen molar-refractivity contribution in [3.8, 4) is 0 Å². The van der Waals surface area contributed by atoms with Crippen molar-refractivity contribution < 1.29 is 0 Å². The molecule has 0 aliphatic carbocycles. The van der Waals surface area contributed by atoms with Gasteiger partial charge in [0.15, 0.2) is 0 Å². The van der Waals surface area contributed by atoms with Gasteiger partial charge in [0.1, 0.15) is 0 Å². The highest BCUT2D eigenvalue weighted by atomic mass is 14.9. The van der Waals surface area contributed by atoms with Crippen LogP contribution in [0.15, 0.2) is 18.2 Å². The molecule has 1 heteroatoms. The number of anilines is 1. The summed E-state index contributed by atoms with van der Waals surface area (Å²) < 4.78 is 0. The van der Waals surface area contributed by atoms with Gasteiger partial charge < -0.3 is 5.32 Å². The third kappa shape index (κ3) is 2.01. The maximum absolute atomic E-state index is 3.49. The highest BCUT2D eigenvalue weighted by Gasteiger charge is 2.30. The van der Waals surface area contributed by atoms with E-state index < -0.39 is 0 Å². The Labute approximate surface area is 92.9 Å². The highest BCUT2D eigenvalue weighted by Crippen LogP contribution is 2.43. The maximum Gasteiger partial charge on any atom is 0.0375 e. The summed E-state index contributed by atoms with van der Waals surface area (Å²) in [7, 11) is 0. The van der Waals surface area contributed by atoms with Crippen molar-refractivity contribution in [3.05, 3.63) is 29.3 Å². The molecule has 1 aromatic rings. The molecule has 0 radical (unpaired) electrons. The summed E-state index contributed by atoms with van der Waals surface area (Å²) in [6.07, 6.45) is 1.25. The highest BCUT2D eigenvalue weighted by molar-refractivity contribution is 5.56. The van der Waals surface area contributed by atoms with Gasteiger partial charge in [-0.3, -0.25) is 0 Å². The van der Waals surface area contributed by atoms with Gasteiger partial charge in [0.2, 0.25) is 0 Å². The summed E-state index contributed by atoms with van der Waals surface area (Å²) in [5.74, 6) is 0.689. The monoisotopic (exact) mass is 203 g/mol. The van der Waals surface area contributed by atoms with E-state index in [0.717, 1.165) is 6.54 Å². The zero-order valence-corrected chi connectivity index (χ0v) is 10.2. The standard InChI is InChI=1S/C14H21N/c1-10-5-6-13-11(9-10)12(7-8-15-13)14(2,3)4/h5-6,9,12,15H,7-8H2,1-4H3. The van der Waals surface area contributed by atoms with Gasteiger partial charge in [-0.25, -0.2) is 0 Å². The van der Waals surface area contributed by atoms with Gasteiger partial charge >= 0.3 is 0 Å². The molecule has 82 valence electrons. The van der Waals surface area contributed by atoms with Crippen LogP contribution in [-0.2, 0) is 0 Å². The lowest BCUT2D eigenvalue weighted by atomic mass is 9.72. The molecular formula is C14H21N. The van der Waals surface area contributed by atoms with Crippen molar-refractivity contribution in [2.24, 2.45) is 5.41 Å². The molecule has 0 amide bonds. The first kappa shape index (κ1) is 10.5. The van der Waals surface area contributed by atoms with Crippen molar-refractivity contribution in [3.63, 3.8) is 0 Å². The number of hydrogen-bond acceptors (Lipinski definition) is 1. The van der Waals surface area contributed by atoms with Gasteiger partial charge in [-0.2, -0.15) is 0 Å². The number of rotatable bonds is 0. The van der Waals surface area contributed by atoms with Crippen LogP contribution in [0.5, 0.6) is 0 Å². The molecule has 0 aromatic heterocycles. The van der Waals surface area contributed by atoms with Gasteiger partial charge in [0.05, 0.1) is 0 Å². The fourth-order valence-electron chi connectivity index (χ4n) is 2.54. The number of hydrogen-bond donors (Lipinski definition) is 1. The first-order valence-electron chi connectivity index (χ1n) is 5.83. The molecule has 1 N–H and O–H groups in total. The molecule has 1 aliphatic heterocycles. The third-order valence-corrected chi connectivity index (χ3v) is 3.38. The summed E-state index contributed by atoms with van der Waals surface area (Å²) >= 11 is 0. The lowest BCUT2D eigenvalue weighted by molar-refractivity contribution is 0.305. The SMILES string of the molecule is Cc1ccc2c(c1)C(C(C)(C)C)CCN2. The Morgan fingerprint density at radius 2 is 2.00 bits per heavy atom. The molecule has 1 atom stereocenters. The zero-order valence-electron chi connectivity index (χ0n) is 10.2. The van der Waals surface area contributed by atoms with Gasteiger partial charge in [0.25, 0.3) is 0 Å². The van der Waals surface area contributed by atoms with Gasteiger partial charge in [0, 0.05) is 12.2 Å². The van der Waals surface area contributed by atoms with E-state index in [1.807, 2.05) is 0 Å². The fraction of sp³-hybridized carbons (Fsp3) is 0.571. The molecule has 0 fully saturated rings. The Hall–Kier alpha value is -0.980. The second kappa shape index (κ2) is 3.55. The van der Waals surface area contributed by atoms with Crippen LogP contribution >= 0.6 is 0 Å². The molecule has 1 aromatic carbocycles. The minimum atomic E-state index is 0.366. The normalized spacial score (nSPS) is 20.7. The molecule has 0 saturated carbocycles. The summed E-state index contributed by atoms with van der Waals surface area (Å²) in [5.41, 5.74) is 4.58. The van der Waals surface area contributed by atoms with Crippen LogP contribution in [-0.4, -0.2) is 6.54 Å². The topological polar surface area (TPSA) is 12.0 Å². The Morgan fingerprint density at radius 3 is 2.67 bits per heavy atom. The molecule has 0 bridgehead atoms. The average molecular weight is 203 g/mol. The fourth-order valence-corrected chi connectivity index (χ4v) is 2.54. The average Bonchev–Trinajstić information content (AvgIpc) is 2.15. The van der Waals surface area contributed by atoms with E-state index >= 15 is 0 Å². The van der Waals surface area contributed by atoms with Crippen LogP contribution in [0.1, 0.15) is 44.2 Å². The zero-order chi connectivity index (χ0) is 11.1. The van der Waals surface area contributed by atoms with Crippen molar-refractivity contribution in [1.29, 1.82) is 0 Å². The summed E-state index contributed by atoms with van der Waals surface area (Å²) in [4.78, 5) is 0. The largest absolute Gasteiger partial charge is 0.385 e. The van der Waals surface area contributed by atoms with Crippen LogP contribution in [0.2, 0.25) is 0 Å². The van der Waals surface area contributed by atoms with Crippen LogP contribution < -0.4 is 5.32 Å². The van der Waals surface area contributed by atoms with E-state index in [-0.39, 0.29) is 0 Å². The summed E-state index contributed by atoms with van der Waals surface area (Å²) in [5, 5.41) is 3.49. The van der Waals surface area contributed by atoms with Crippen LogP contribution in [0.25, 0.3) is 0 Å². The lowest BCUT2D eigenvalue weighted by Gasteiger charge is -2.36. The van der Waals surface area contributed by atoms with E-state index in [4.69, 9.17) is 0 Å². The Morgan fingerprint density at radius 1 is 1.27 bits per heavy atom. The van der Waals surface area contributed by atoms with Gasteiger partial charge in [-0.1, -0.05) is 38.5 Å². The van der Waals surface area contributed by atoms with Crippen LogP contribution in [0.3, 0.4) is 0 Å². The Bertz CT molecular complexity index is 360. The molecule has 1 nitrogen and oxygen atoms in total. The quantitative estimate of drug-likeness (QED) is 0.673. The Balaban J connectivity index is 2.45. The number of nitrogens with one attached hydrogen (secondary N) is 1. The van der Waals surface area contributed by atoms with E-state index in [1.165, 1.54) is 23.2 Å². The van der Waals surface area contributed by atoms with Crippen molar-refractivity contribution in [2.45, 2.75) is 40.0 Å². The lowest BCUT2D eigenvalue weighted by Crippen LogP contribution is -2.26. The second-order valence-corrected chi connectivity index (χ2v) is 5.72. The van der Waals surface area contributed by atoms with Crippen molar-refractivity contribution in [1.82, 2.24) is 0 Å². The van der Waals surface area contributed by atoms with Gasteiger partial charge in [-0.15, -0.1) is 0 Å². The molecule has 2 rings (SSSR count). The summed E-state index contributed by atoms with van der Waals surface area (Å²) in [6.45, 7) is 10.3. The molecule has 1 heterocycles. The van der Waals surface area contributed by atoms with Crippen molar-refractivity contribution >= 4 is 5.69 Å². The molecule has 0 spiro atoms. The van der Waals surface area contributed by atoms with E-state index in [1.54, 1.807) is 0 Å². The number of fused-ring (bicyclic) bond motifs is 1.